The Labute approximate surface area is 159 Å². The lowest BCUT2D eigenvalue weighted by molar-refractivity contribution is -0.136. The Kier molecular flexibility index (Phi) is 5.23. The molecular formula is C21H26N4O2. The molecule has 27 heavy (non-hydrogen) atoms. The molecule has 2 fully saturated rings. The third kappa shape index (κ3) is 3.89. The number of carbonyl (C=O) groups is 1. The van der Waals surface area contributed by atoms with Gasteiger partial charge in [0, 0.05) is 38.2 Å². The molecule has 1 aromatic heterocycles. The van der Waals surface area contributed by atoms with Crippen LogP contribution in [0.25, 0.3) is 5.69 Å². The summed E-state index contributed by atoms with van der Waals surface area (Å²) >= 11 is 0. The summed E-state index contributed by atoms with van der Waals surface area (Å²) in [6.07, 6.45) is 5.72. The fourth-order valence-corrected chi connectivity index (χ4v) is 4.09. The second kappa shape index (κ2) is 7.94. The van der Waals surface area contributed by atoms with Crippen LogP contribution in [-0.4, -0.2) is 46.8 Å². The van der Waals surface area contributed by atoms with Crippen molar-refractivity contribution in [3.8, 4) is 5.69 Å². The molecule has 0 N–H and O–H groups in total. The summed E-state index contributed by atoms with van der Waals surface area (Å²) in [6.45, 7) is 2.94. The van der Waals surface area contributed by atoms with E-state index in [-0.39, 0.29) is 11.5 Å². The second-order valence-electron chi connectivity index (χ2n) is 7.42. The van der Waals surface area contributed by atoms with E-state index in [1.165, 1.54) is 23.9 Å². The highest BCUT2D eigenvalue weighted by atomic mass is 16.2. The minimum Gasteiger partial charge on any atom is -0.352 e. The number of carbonyl (C=O) groups excluding carboxylic acids is 1. The monoisotopic (exact) mass is 366 g/mol. The van der Waals surface area contributed by atoms with E-state index in [1.54, 1.807) is 12.1 Å². The van der Waals surface area contributed by atoms with Gasteiger partial charge in [0.25, 0.3) is 5.56 Å². The lowest BCUT2D eigenvalue weighted by Crippen LogP contribution is -2.51. The minimum atomic E-state index is -0.143. The summed E-state index contributed by atoms with van der Waals surface area (Å²) in [7, 11) is 0. The van der Waals surface area contributed by atoms with E-state index in [2.05, 4.69) is 10.00 Å². The van der Waals surface area contributed by atoms with Gasteiger partial charge < -0.3 is 9.80 Å². The third-order valence-electron chi connectivity index (χ3n) is 5.66. The Hall–Kier alpha value is -2.63. The SMILES string of the molecule is O=C(C1CCCCC1)N1CCN(c2ccc(=O)n(-c3ccccc3)n2)CC1. The van der Waals surface area contributed by atoms with Crippen molar-refractivity contribution >= 4 is 11.7 Å². The van der Waals surface area contributed by atoms with E-state index in [0.717, 1.165) is 50.5 Å². The molecule has 1 saturated heterocycles. The number of benzene rings is 1. The van der Waals surface area contributed by atoms with Gasteiger partial charge in [-0.05, 0) is 31.0 Å². The highest BCUT2D eigenvalue weighted by Crippen LogP contribution is 2.26. The molecule has 0 atom stereocenters. The van der Waals surface area contributed by atoms with E-state index < -0.39 is 0 Å². The van der Waals surface area contributed by atoms with Crippen LogP contribution in [0.1, 0.15) is 32.1 Å². The van der Waals surface area contributed by atoms with Gasteiger partial charge in [-0.25, -0.2) is 0 Å². The number of hydrogen-bond donors (Lipinski definition) is 0. The zero-order chi connectivity index (χ0) is 18.6. The van der Waals surface area contributed by atoms with Gasteiger partial charge >= 0.3 is 0 Å². The lowest BCUT2D eigenvalue weighted by Gasteiger charge is -2.37. The van der Waals surface area contributed by atoms with Crippen LogP contribution in [0, 0.1) is 5.92 Å². The van der Waals surface area contributed by atoms with Gasteiger partial charge in [0.2, 0.25) is 5.91 Å². The molecule has 0 radical (unpaired) electrons. The smallest absolute Gasteiger partial charge is 0.271 e. The molecular weight excluding hydrogens is 340 g/mol. The van der Waals surface area contributed by atoms with Crippen LogP contribution in [0.4, 0.5) is 5.82 Å². The van der Waals surface area contributed by atoms with Crippen molar-refractivity contribution in [2.45, 2.75) is 32.1 Å². The van der Waals surface area contributed by atoms with Crippen LogP contribution in [0.2, 0.25) is 0 Å². The highest BCUT2D eigenvalue weighted by molar-refractivity contribution is 5.79. The van der Waals surface area contributed by atoms with Crippen molar-refractivity contribution in [1.82, 2.24) is 14.7 Å². The van der Waals surface area contributed by atoms with Crippen molar-refractivity contribution < 1.29 is 4.79 Å². The first-order valence-electron chi connectivity index (χ1n) is 9.92. The molecule has 1 aliphatic carbocycles. The van der Waals surface area contributed by atoms with Crippen molar-refractivity contribution in [3.63, 3.8) is 0 Å². The van der Waals surface area contributed by atoms with Crippen LogP contribution >= 0.6 is 0 Å². The predicted octanol–water partition coefficient (Wildman–Crippen LogP) is 2.46. The molecule has 2 aromatic rings. The van der Waals surface area contributed by atoms with Gasteiger partial charge in [-0.1, -0.05) is 37.5 Å². The van der Waals surface area contributed by atoms with Gasteiger partial charge in [-0.3, -0.25) is 9.59 Å². The highest BCUT2D eigenvalue weighted by Gasteiger charge is 2.28. The molecule has 0 bridgehead atoms. The van der Waals surface area contributed by atoms with Crippen LogP contribution in [0.3, 0.4) is 0 Å². The van der Waals surface area contributed by atoms with Crippen molar-refractivity contribution in [1.29, 1.82) is 0 Å². The van der Waals surface area contributed by atoms with E-state index >= 15 is 0 Å². The summed E-state index contributed by atoms with van der Waals surface area (Å²) in [5, 5.41) is 4.55. The first-order valence-corrected chi connectivity index (χ1v) is 9.92. The molecule has 6 heteroatoms. The van der Waals surface area contributed by atoms with E-state index in [0.29, 0.717) is 5.91 Å². The fraction of sp³-hybridized carbons (Fsp3) is 0.476. The number of para-hydroxylation sites is 1. The van der Waals surface area contributed by atoms with Gasteiger partial charge in [0.1, 0.15) is 5.82 Å². The summed E-state index contributed by atoms with van der Waals surface area (Å²) in [5.74, 6) is 1.34. The molecule has 0 spiro atoms. The second-order valence-corrected chi connectivity index (χ2v) is 7.42. The first kappa shape index (κ1) is 17.8. The molecule has 1 aliphatic heterocycles. The van der Waals surface area contributed by atoms with Crippen molar-refractivity contribution in [2.24, 2.45) is 5.92 Å². The van der Waals surface area contributed by atoms with Crippen LogP contribution in [-0.2, 0) is 4.79 Å². The number of rotatable bonds is 3. The quantitative estimate of drug-likeness (QED) is 0.837. The molecule has 2 aliphatic rings. The number of aromatic nitrogens is 2. The standard InChI is InChI=1S/C21H26N4O2/c26-20-12-11-19(22-25(20)18-9-5-2-6-10-18)23-13-15-24(16-14-23)21(27)17-7-3-1-4-8-17/h2,5-6,9-12,17H,1,3-4,7-8,13-16H2. The topological polar surface area (TPSA) is 58.4 Å². The van der Waals surface area contributed by atoms with Crippen LogP contribution < -0.4 is 10.5 Å². The average molecular weight is 366 g/mol. The Bertz CT molecular complexity index is 835. The molecule has 1 aromatic carbocycles. The Morgan fingerprint density at radius 1 is 0.889 bits per heavy atom. The number of hydrogen-bond acceptors (Lipinski definition) is 4. The zero-order valence-electron chi connectivity index (χ0n) is 15.6. The Morgan fingerprint density at radius 2 is 1.59 bits per heavy atom. The van der Waals surface area contributed by atoms with Crippen LogP contribution in [0.5, 0.6) is 0 Å². The molecule has 0 unspecified atom stereocenters. The third-order valence-corrected chi connectivity index (χ3v) is 5.66. The Balaban J connectivity index is 1.44. The summed E-state index contributed by atoms with van der Waals surface area (Å²) < 4.78 is 1.44. The summed E-state index contributed by atoms with van der Waals surface area (Å²) in [4.78, 5) is 29.1. The molecule has 1 amide bonds. The van der Waals surface area contributed by atoms with Gasteiger partial charge in [0.15, 0.2) is 0 Å². The summed E-state index contributed by atoms with van der Waals surface area (Å²) in [6, 6.07) is 12.8. The van der Waals surface area contributed by atoms with Gasteiger partial charge in [-0.15, -0.1) is 5.10 Å². The molecule has 2 heterocycles. The lowest BCUT2D eigenvalue weighted by atomic mass is 9.88. The number of anilines is 1. The zero-order valence-corrected chi connectivity index (χ0v) is 15.6. The Morgan fingerprint density at radius 3 is 2.30 bits per heavy atom. The number of nitrogens with zero attached hydrogens (tertiary/aromatic N) is 4. The number of amides is 1. The van der Waals surface area contributed by atoms with E-state index in [1.807, 2.05) is 35.2 Å². The van der Waals surface area contributed by atoms with Gasteiger partial charge in [-0.2, -0.15) is 4.68 Å². The first-order chi connectivity index (χ1) is 13.2. The fourth-order valence-electron chi connectivity index (χ4n) is 4.09. The largest absolute Gasteiger partial charge is 0.352 e. The maximum absolute atomic E-state index is 12.7. The van der Waals surface area contributed by atoms with Crippen molar-refractivity contribution in [2.75, 3.05) is 31.1 Å². The number of piperazine rings is 1. The van der Waals surface area contributed by atoms with E-state index in [9.17, 15) is 9.59 Å². The summed E-state index contributed by atoms with van der Waals surface area (Å²) in [5.41, 5.74) is 0.617. The normalized spacial score (nSPS) is 18.5. The molecule has 4 rings (SSSR count). The predicted molar refractivity (Wildman–Crippen MR) is 105 cm³/mol. The average Bonchev–Trinajstić information content (AvgIpc) is 2.75. The molecule has 1 saturated carbocycles. The minimum absolute atomic E-state index is 0.143. The molecule has 142 valence electrons. The van der Waals surface area contributed by atoms with E-state index in [4.69, 9.17) is 0 Å². The molecule has 6 nitrogen and oxygen atoms in total. The van der Waals surface area contributed by atoms with Gasteiger partial charge in [0.05, 0.1) is 5.69 Å². The van der Waals surface area contributed by atoms with Crippen LogP contribution in [0.15, 0.2) is 47.3 Å². The van der Waals surface area contributed by atoms with Crippen molar-refractivity contribution in [3.05, 3.63) is 52.8 Å². The maximum atomic E-state index is 12.7. The maximum Gasteiger partial charge on any atom is 0.271 e.